The van der Waals surface area contributed by atoms with Gasteiger partial charge in [0, 0.05) is 24.5 Å². The predicted octanol–water partition coefficient (Wildman–Crippen LogP) is -4.95. The Morgan fingerprint density at radius 3 is 2.02 bits per heavy atom. The van der Waals surface area contributed by atoms with Crippen molar-refractivity contribution in [2.75, 3.05) is 31.1 Å². The summed E-state index contributed by atoms with van der Waals surface area (Å²) in [6, 6.07) is -9.24. The van der Waals surface area contributed by atoms with Crippen LogP contribution in [0.5, 0.6) is 0 Å². The number of nitrogens with one attached hydrogen (secondary N) is 7. The predicted molar refractivity (Wildman–Crippen MR) is 245 cm³/mol. The van der Waals surface area contributed by atoms with Gasteiger partial charge in [-0.05, 0) is 60.5 Å². The molecule has 27 heteroatoms. The molecule has 1 aromatic rings. The Bertz CT molecular complexity index is 1930. The van der Waals surface area contributed by atoms with Gasteiger partial charge in [-0.15, -0.1) is 0 Å². The highest BCUT2D eigenvalue weighted by Gasteiger charge is 2.41. The molecular weight excluding hydrogens is 923 g/mol. The number of primary amides is 3. The lowest BCUT2D eigenvalue weighted by Crippen LogP contribution is -2.62. The van der Waals surface area contributed by atoms with Crippen LogP contribution in [-0.2, 0) is 59.2 Å². The summed E-state index contributed by atoms with van der Waals surface area (Å²) in [6.07, 6.45) is -0.311. The molecule has 11 amide bonds. The molecular formula is C39H61N13O11S3. The SMILES string of the molecule is CC[C@H](C)[C@@H]1NC(=O)[C@H](Cc2ccsc2)NC(=O)[C@@H](N)CSSC[C@@H](C(=O)N2CCC[C@H]2C(=O)N[C@@H](CCCN)C(=O)NCC(N)=O)NC(=O)[C@H](CC(N)=O)NC(=O)[C@H](CC(N)=O)NC1=O. The zero-order valence-electron chi connectivity index (χ0n) is 36.7. The Labute approximate surface area is 393 Å². The van der Waals surface area contributed by atoms with Crippen LogP contribution >= 0.6 is 32.9 Å². The molecule has 0 aliphatic carbocycles. The van der Waals surface area contributed by atoms with Gasteiger partial charge in [-0.3, -0.25) is 52.7 Å². The van der Waals surface area contributed by atoms with Crippen molar-refractivity contribution in [3.05, 3.63) is 22.4 Å². The summed E-state index contributed by atoms with van der Waals surface area (Å²) in [5.74, 6) is -10.5. The number of hydrogen-bond acceptors (Lipinski definition) is 16. The summed E-state index contributed by atoms with van der Waals surface area (Å²) in [5, 5.41) is 21.1. The number of nitrogens with zero attached hydrogens (tertiary/aromatic N) is 1. The summed E-state index contributed by atoms with van der Waals surface area (Å²) in [4.78, 5) is 147. The van der Waals surface area contributed by atoms with E-state index in [9.17, 15) is 52.7 Å². The van der Waals surface area contributed by atoms with Gasteiger partial charge in [0.05, 0.1) is 25.4 Å². The summed E-state index contributed by atoms with van der Waals surface area (Å²) in [5.41, 5.74) is 28.7. The maximum absolute atomic E-state index is 14.4. The highest BCUT2D eigenvalue weighted by atomic mass is 33.1. The average Bonchev–Trinajstić information content (AvgIpc) is 3.98. The molecule has 9 atom stereocenters. The van der Waals surface area contributed by atoms with Crippen LogP contribution in [0.2, 0.25) is 0 Å². The molecule has 2 aliphatic heterocycles. The Hall–Kier alpha value is -5.51. The van der Waals surface area contributed by atoms with E-state index in [1.165, 1.54) is 16.2 Å². The molecule has 3 heterocycles. The first-order valence-electron chi connectivity index (χ1n) is 21.2. The fraction of sp³-hybridized carbons (Fsp3) is 0.615. The van der Waals surface area contributed by atoms with Gasteiger partial charge >= 0.3 is 0 Å². The van der Waals surface area contributed by atoms with Gasteiger partial charge in [-0.1, -0.05) is 41.9 Å². The first-order chi connectivity index (χ1) is 31.2. The number of amides is 11. The number of nitrogens with two attached hydrogens (primary N) is 5. The molecule has 2 saturated heterocycles. The smallest absolute Gasteiger partial charge is 0.246 e. The normalized spacial score (nSPS) is 24.8. The molecule has 2 fully saturated rings. The molecule has 0 radical (unpaired) electrons. The van der Waals surface area contributed by atoms with E-state index in [0.717, 1.165) is 21.6 Å². The minimum Gasteiger partial charge on any atom is -0.370 e. The number of hydrogen-bond donors (Lipinski definition) is 12. The molecule has 2 aliphatic rings. The second-order valence-electron chi connectivity index (χ2n) is 15.8. The molecule has 1 aromatic heterocycles. The van der Waals surface area contributed by atoms with Crippen molar-refractivity contribution < 1.29 is 52.7 Å². The van der Waals surface area contributed by atoms with Crippen molar-refractivity contribution >= 4 is 97.9 Å². The van der Waals surface area contributed by atoms with Crippen LogP contribution in [0.25, 0.3) is 0 Å². The van der Waals surface area contributed by atoms with Crippen molar-refractivity contribution in [3.8, 4) is 0 Å². The van der Waals surface area contributed by atoms with Crippen LogP contribution in [0.3, 0.4) is 0 Å². The number of carbonyl (C=O) groups is 11. The third-order valence-electron chi connectivity index (χ3n) is 10.6. The first kappa shape index (κ1) is 54.8. The van der Waals surface area contributed by atoms with Crippen molar-refractivity contribution in [1.82, 2.24) is 42.1 Å². The van der Waals surface area contributed by atoms with Gasteiger partial charge in [0.15, 0.2) is 0 Å². The molecule has 366 valence electrons. The van der Waals surface area contributed by atoms with E-state index < -0.39 is 139 Å². The lowest BCUT2D eigenvalue weighted by molar-refractivity contribution is -0.142. The number of likely N-dealkylation sites (tertiary alicyclic amines) is 1. The van der Waals surface area contributed by atoms with Crippen molar-refractivity contribution in [2.24, 2.45) is 34.6 Å². The minimum absolute atomic E-state index is 0.0222. The number of rotatable bonds is 17. The van der Waals surface area contributed by atoms with E-state index in [0.29, 0.717) is 24.8 Å². The molecule has 66 heavy (non-hydrogen) atoms. The van der Waals surface area contributed by atoms with Crippen LogP contribution in [-0.4, -0.2) is 149 Å². The zero-order chi connectivity index (χ0) is 49.1. The fourth-order valence-electron chi connectivity index (χ4n) is 6.86. The monoisotopic (exact) mass is 983 g/mol. The minimum atomic E-state index is -1.78. The van der Waals surface area contributed by atoms with Crippen LogP contribution in [0.1, 0.15) is 64.4 Å². The van der Waals surface area contributed by atoms with Crippen LogP contribution < -0.4 is 65.9 Å². The molecule has 17 N–H and O–H groups in total. The van der Waals surface area contributed by atoms with E-state index in [1.54, 1.807) is 30.7 Å². The van der Waals surface area contributed by atoms with Crippen LogP contribution in [0, 0.1) is 5.92 Å². The average molecular weight is 984 g/mol. The van der Waals surface area contributed by atoms with E-state index in [-0.39, 0.29) is 43.9 Å². The Morgan fingerprint density at radius 2 is 1.42 bits per heavy atom. The second kappa shape index (κ2) is 27.2. The summed E-state index contributed by atoms with van der Waals surface area (Å²) in [7, 11) is 2.06. The Balaban J connectivity index is 2.02. The standard InChI is InChI=1S/C39H61N13O11S3/c1-3-19(2)31-38(62)49-25(14-29(43)54)34(58)48-24(13-28(42)53)35(59)50-26(18-66-65-17-21(41)32(56)47-23(36(60)51-31)12-20-8-11-64-16-20)39(63)52-10-5-7-27(52)37(61)46-22(6-4-9-40)33(57)45-15-30(44)55/h8,11,16,19,21-27,31H,3-7,9-10,12-15,17-18,40-41H2,1-2H3,(H2,42,53)(H2,43,54)(H2,44,55)(H,45,57)(H,46,61)(H,47,56)(H,48,58)(H,49,62)(H,50,59)(H,51,60)/t19-,21-,22-,23-,24-,25-,26-,27-,31-/m0/s1. The van der Waals surface area contributed by atoms with Gasteiger partial charge in [0.2, 0.25) is 65.0 Å². The highest BCUT2D eigenvalue weighted by Crippen LogP contribution is 2.26. The van der Waals surface area contributed by atoms with Crippen molar-refractivity contribution in [1.29, 1.82) is 0 Å². The quantitative estimate of drug-likeness (QED) is 0.0651. The second-order valence-corrected chi connectivity index (χ2v) is 19.2. The maximum atomic E-state index is 14.4. The number of carbonyl (C=O) groups excluding carboxylic acids is 11. The number of thiophene rings is 1. The maximum Gasteiger partial charge on any atom is 0.246 e. The summed E-state index contributed by atoms with van der Waals surface area (Å²) in [6.45, 7) is 3.13. The lowest BCUT2D eigenvalue weighted by Gasteiger charge is -2.31. The largest absolute Gasteiger partial charge is 0.370 e. The lowest BCUT2D eigenvalue weighted by atomic mass is 9.96. The molecule has 24 nitrogen and oxygen atoms in total. The Morgan fingerprint density at radius 1 is 0.818 bits per heavy atom. The molecule has 0 saturated carbocycles. The third-order valence-corrected chi connectivity index (χ3v) is 13.8. The highest BCUT2D eigenvalue weighted by molar-refractivity contribution is 8.76. The van der Waals surface area contributed by atoms with E-state index in [1.807, 2.05) is 0 Å². The van der Waals surface area contributed by atoms with Gasteiger partial charge in [-0.25, -0.2) is 0 Å². The van der Waals surface area contributed by atoms with E-state index in [2.05, 4.69) is 37.2 Å². The summed E-state index contributed by atoms with van der Waals surface area (Å²) < 4.78 is 0. The van der Waals surface area contributed by atoms with Gasteiger partial charge in [0.1, 0.15) is 42.3 Å². The van der Waals surface area contributed by atoms with Crippen LogP contribution in [0.4, 0.5) is 0 Å². The Kier molecular flexibility index (Phi) is 22.6. The molecule has 0 unspecified atom stereocenters. The van der Waals surface area contributed by atoms with Gasteiger partial charge in [0.25, 0.3) is 0 Å². The van der Waals surface area contributed by atoms with Gasteiger partial charge < -0.3 is 70.8 Å². The third kappa shape index (κ3) is 17.4. The van der Waals surface area contributed by atoms with E-state index >= 15 is 0 Å². The molecule has 3 rings (SSSR count). The van der Waals surface area contributed by atoms with Crippen molar-refractivity contribution in [3.63, 3.8) is 0 Å². The van der Waals surface area contributed by atoms with Crippen LogP contribution in [0.15, 0.2) is 16.8 Å². The first-order valence-corrected chi connectivity index (χ1v) is 24.7. The molecule has 0 spiro atoms. The molecule has 0 aromatic carbocycles. The fourth-order valence-corrected chi connectivity index (χ4v) is 9.82. The van der Waals surface area contributed by atoms with E-state index in [4.69, 9.17) is 28.7 Å². The van der Waals surface area contributed by atoms with Gasteiger partial charge in [-0.2, -0.15) is 11.3 Å². The zero-order valence-corrected chi connectivity index (χ0v) is 39.1. The topological polar surface area (TPSA) is 405 Å². The van der Waals surface area contributed by atoms with Crippen molar-refractivity contribution in [2.45, 2.75) is 114 Å². The molecule has 0 bridgehead atoms. The summed E-state index contributed by atoms with van der Waals surface area (Å²) >= 11 is 1.36.